The molecule has 0 bridgehead atoms. The molecule has 1 N–H and O–H groups in total. The summed E-state index contributed by atoms with van der Waals surface area (Å²) in [5.74, 6) is -0.676. The molecule has 0 aliphatic carbocycles. The fourth-order valence-corrected chi connectivity index (χ4v) is 4.00. The molecule has 0 fully saturated rings. The van der Waals surface area contributed by atoms with Crippen LogP contribution in [0, 0.1) is 0 Å². The Hall–Kier alpha value is -4.26. The molecule has 160 valence electrons. The lowest BCUT2D eigenvalue weighted by Gasteiger charge is -2.26. The molecule has 0 radical (unpaired) electrons. The third-order valence-electron chi connectivity index (χ3n) is 5.51. The van der Waals surface area contributed by atoms with E-state index in [1.54, 1.807) is 54.6 Å². The van der Waals surface area contributed by atoms with Gasteiger partial charge in [-0.25, -0.2) is 0 Å². The van der Waals surface area contributed by atoms with E-state index in [1.807, 2.05) is 12.1 Å². The van der Waals surface area contributed by atoms with Gasteiger partial charge in [0, 0.05) is 5.39 Å². The first-order valence-corrected chi connectivity index (χ1v) is 10.0. The quantitative estimate of drug-likeness (QED) is 0.442. The minimum atomic E-state index is -0.844. The number of furan rings is 2. The third-order valence-corrected chi connectivity index (χ3v) is 5.51. The molecule has 7 nitrogen and oxygen atoms in total. The summed E-state index contributed by atoms with van der Waals surface area (Å²) in [7, 11) is 1.54. The van der Waals surface area contributed by atoms with Crippen LogP contribution in [0.15, 0.2) is 93.2 Å². The van der Waals surface area contributed by atoms with Crippen molar-refractivity contribution in [2.45, 2.75) is 12.6 Å². The van der Waals surface area contributed by atoms with E-state index in [-0.39, 0.29) is 17.9 Å². The van der Waals surface area contributed by atoms with Crippen LogP contribution in [0.5, 0.6) is 5.75 Å². The fourth-order valence-electron chi connectivity index (χ4n) is 4.00. The number of benzene rings is 2. The lowest BCUT2D eigenvalue weighted by atomic mass is 9.94. The van der Waals surface area contributed by atoms with Crippen LogP contribution in [0.25, 0.3) is 11.0 Å². The SMILES string of the molecule is COc1cccc(C2C(C(=O)c3cc4ccccc4o3)=C(O)C(=O)N2Cc2ccco2)c1. The lowest BCUT2D eigenvalue weighted by molar-refractivity contribution is -0.130. The van der Waals surface area contributed by atoms with E-state index in [2.05, 4.69) is 0 Å². The van der Waals surface area contributed by atoms with Gasteiger partial charge in [-0.1, -0.05) is 30.3 Å². The van der Waals surface area contributed by atoms with Gasteiger partial charge in [0.05, 0.1) is 31.5 Å². The molecule has 2 aromatic heterocycles. The van der Waals surface area contributed by atoms with Crippen molar-refractivity contribution in [3.05, 3.63) is 101 Å². The zero-order valence-corrected chi connectivity index (χ0v) is 17.1. The zero-order chi connectivity index (χ0) is 22.2. The highest BCUT2D eigenvalue weighted by atomic mass is 16.5. The van der Waals surface area contributed by atoms with E-state index >= 15 is 0 Å². The van der Waals surface area contributed by atoms with Crippen LogP contribution in [0.2, 0.25) is 0 Å². The number of rotatable bonds is 6. The molecule has 4 aromatic rings. The number of amides is 1. The number of hydrogen-bond donors (Lipinski definition) is 1. The van der Waals surface area contributed by atoms with Crippen LogP contribution in [0.3, 0.4) is 0 Å². The molecule has 1 atom stereocenters. The first-order valence-electron chi connectivity index (χ1n) is 10.0. The summed E-state index contributed by atoms with van der Waals surface area (Å²) in [6.07, 6.45) is 1.50. The summed E-state index contributed by atoms with van der Waals surface area (Å²) in [6, 6.07) is 18.5. The van der Waals surface area contributed by atoms with Gasteiger partial charge in [0.15, 0.2) is 11.5 Å². The van der Waals surface area contributed by atoms with E-state index in [0.29, 0.717) is 22.7 Å². The largest absolute Gasteiger partial charge is 0.503 e. The number of hydrogen-bond acceptors (Lipinski definition) is 6. The highest BCUT2D eigenvalue weighted by molar-refractivity contribution is 6.16. The molecule has 1 amide bonds. The van der Waals surface area contributed by atoms with Gasteiger partial charge in [-0.05, 0) is 42.0 Å². The number of aliphatic hydroxyl groups is 1. The minimum absolute atomic E-state index is 0.0473. The van der Waals surface area contributed by atoms with Crippen LogP contribution >= 0.6 is 0 Å². The highest BCUT2D eigenvalue weighted by Gasteiger charge is 2.45. The van der Waals surface area contributed by atoms with Gasteiger partial charge in [0.25, 0.3) is 5.91 Å². The van der Waals surface area contributed by atoms with Crippen LogP contribution in [-0.2, 0) is 11.3 Å². The van der Waals surface area contributed by atoms with Gasteiger partial charge in [-0.15, -0.1) is 0 Å². The maximum absolute atomic E-state index is 13.5. The Morgan fingerprint density at radius 1 is 1.09 bits per heavy atom. The van der Waals surface area contributed by atoms with Crippen LogP contribution in [0.1, 0.15) is 27.9 Å². The predicted molar refractivity (Wildman–Crippen MR) is 115 cm³/mol. The van der Waals surface area contributed by atoms with Gasteiger partial charge >= 0.3 is 0 Å². The Bertz CT molecular complexity index is 1310. The van der Waals surface area contributed by atoms with Gasteiger partial charge in [0.2, 0.25) is 5.78 Å². The minimum Gasteiger partial charge on any atom is -0.503 e. The Morgan fingerprint density at radius 2 is 1.94 bits per heavy atom. The average molecular weight is 429 g/mol. The van der Waals surface area contributed by atoms with Crippen molar-refractivity contribution in [2.75, 3.05) is 7.11 Å². The van der Waals surface area contributed by atoms with E-state index in [9.17, 15) is 14.7 Å². The average Bonchev–Trinajstić information content (AvgIpc) is 3.54. The molecule has 1 unspecified atom stereocenters. The Labute approximate surface area is 183 Å². The molecule has 2 aromatic carbocycles. The molecule has 5 rings (SSSR count). The van der Waals surface area contributed by atoms with Crippen LogP contribution in [0.4, 0.5) is 0 Å². The van der Waals surface area contributed by atoms with E-state index in [4.69, 9.17) is 13.6 Å². The maximum atomic E-state index is 13.5. The summed E-state index contributed by atoms with van der Waals surface area (Å²) < 4.78 is 16.5. The molecule has 0 spiro atoms. The standard InChI is InChI=1S/C25H19NO6/c1-30-17-8-4-7-16(12-17)22-21(23(27)20-13-15-6-2-3-10-19(15)32-20)24(28)25(29)26(22)14-18-9-5-11-31-18/h2-13,22,28H,14H2,1H3. The number of Topliss-reactive ketones (excluding diaryl/α,β-unsaturated/α-hetero) is 1. The van der Waals surface area contributed by atoms with Crippen LogP contribution < -0.4 is 4.74 Å². The number of methoxy groups -OCH3 is 1. The van der Waals surface area contributed by atoms with E-state index < -0.39 is 23.5 Å². The Morgan fingerprint density at radius 3 is 2.69 bits per heavy atom. The van der Waals surface area contributed by atoms with Gasteiger partial charge in [-0.3, -0.25) is 9.59 Å². The molecule has 0 saturated heterocycles. The Kier molecular flexibility index (Phi) is 4.78. The molecule has 32 heavy (non-hydrogen) atoms. The van der Waals surface area contributed by atoms with Crippen molar-refractivity contribution in [3.63, 3.8) is 0 Å². The van der Waals surface area contributed by atoms with Crippen molar-refractivity contribution in [3.8, 4) is 5.75 Å². The number of nitrogens with zero attached hydrogens (tertiary/aromatic N) is 1. The third kappa shape index (κ3) is 3.24. The molecule has 7 heteroatoms. The second kappa shape index (κ2) is 7.77. The van der Waals surface area contributed by atoms with E-state index in [0.717, 1.165) is 5.39 Å². The van der Waals surface area contributed by atoms with Crippen LogP contribution in [-0.4, -0.2) is 28.8 Å². The second-order valence-electron chi connectivity index (χ2n) is 7.43. The monoisotopic (exact) mass is 429 g/mol. The topological polar surface area (TPSA) is 93.1 Å². The highest BCUT2D eigenvalue weighted by Crippen LogP contribution is 2.41. The number of carbonyl (C=O) groups is 2. The fraction of sp³-hybridized carbons (Fsp3) is 0.120. The van der Waals surface area contributed by atoms with Gasteiger partial charge in [-0.2, -0.15) is 0 Å². The van der Waals surface area contributed by atoms with Gasteiger partial charge < -0.3 is 23.6 Å². The normalized spacial score (nSPS) is 16.2. The maximum Gasteiger partial charge on any atom is 0.290 e. The molecular formula is C25H19NO6. The molecule has 3 heterocycles. The first-order chi connectivity index (χ1) is 15.6. The van der Waals surface area contributed by atoms with Crippen molar-refractivity contribution < 1.29 is 28.3 Å². The number of para-hydroxylation sites is 1. The predicted octanol–water partition coefficient (Wildman–Crippen LogP) is 4.81. The van der Waals surface area contributed by atoms with Crippen molar-refractivity contribution in [2.24, 2.45) is 0 Å². The van der Waals surface area contributed by atoms with Crippen molar-refractivity contribution in [1.29, 1.82) is 0 Å². The summed E-state index contributed by atoms with van der Waals surface area (Å²) in [5.41, 5.74) is 1.12. The van der Waals surface area contributed by atoms with Gasteiger partial charge in [0.1, 0.15) is 17.1 Å². The Balaban J connectivity index is 1.62. The van der Waals surface area contributed by atoms with E-state index in [1.165, 1.54) is 18.3 Å². The number of carbonyl (C=O) groups excluding carboxylic acids is 2. The molecule has 0 saturated carbocycles. The second-order valence-corrected chi connectivity index (χ2v) is 7.43. The molecule has 1 aliphatic heterocycles. The number of aliphatic hydroxyl groups excluding tert-OH is 1. The molecule has 1 aliphatic rings. The molecular weight excluding hydrogens is 410 g/mol. The number of ketones is 1. The number of ether oxygens (including phenoxy) is 1. The summed E-state index contributed by atoms with van der Waals surface area (Å²) in [5, 5.41) is 11.5. The smallest absolute Gasteiger partial charge is 0.290 e. The zero-order valence-electron chi connectivity index (χ0n) is 17.1. The first kappa shape index (κ1) is 19.7. The summed E-state index contributed by atoms with van der Waals surface area (Å²) >= 11 is 0. The van der Waals surface area contributed by atoms with Crippen molar-refractivity contribution >= 4 is 22.7 Å². The summed E-state index contributed by atoms with van der Waals surface area (Å²) in [6.45, 7) is 0.0781. The van der Waals surface area contributed by atoms with Crippen molar-refractivity contribution in [1.82, 2.24) is 4.90 Å². The lowest BCUT2D eigenvalue weighted by Crippen LogP contribution is -2.30. The summed E-state index contributed by atoms with van der Waals surface area (Å²) in [4.78, 5) is 28.0. The number of fused-ring (bicyclic) bond motifs is 1.